The first-order valence-electron chi connectivity index (χ1n) is 5.29. The predicted molar refractivity (Wildman–Crippen MR) is 67.9 cm³/mol. The molecule has 0 saturated heterocycles. The summed E-state index contributed by atoms with van der Waals surface area (Å²) in [6, 6.07) is 0. The highest BCUT2D eigenvalue weighted by Gasteiger charge is 2.25. The molecule has 1 heteroatoms. The molecule has 0 aliphatic heterocycles. The summed E-state index contributed by atoms with van der Waals surface area (Å²) in [6.45, 7) is 0. The number of fused-ring (bicyclic) bond motifs is 1. The summed E-state index contributed by atoms with van der Waals surface area (Å²) in [7, 11) is 0. The normalized spacial score (nSPS) is 37.4. The van der Waals surface area contributed by atoms with Gasteiger partial charge in [0.05, 0.1) is 0 Å². The molecule has 0 aromatic carbocycles. The maximum atomic E-state index is 10.3. The first kappa shape index (κ1) is 10.7. The van der Waals surface area contributed by atoms with Crippen LogP contribution in [0, 0.1) is 0 Å². The Morgan fingerprint density at radius 2 is 1.25 bits per heavy atom. The first-order chi connectivity index (χ1) is 7.81. The van der Waals surface area contributed by atoms with Crippen LogP contribution in [0.15, 0.2) is 84.6 Å². The van der Waals surface area contributed by atoms with E-state index in [1.165, 1.54) is 0 Å². The second kappa shape index (κ2) is 4.77. The van der Waals surface area contributed by atoms with Gasteiger partial charge in [0.15, 0.2) is 0 Å². The Morgan fingerprint density at radius 1 is 0.688 bits per heavy atom. The van der Waals surface area contributed by atoms with Crippen molar-refractivity contribution < 1.29 is 5.11 Å². The molecule has 0 fully saturated rings. The van der Waals surface area contributed by atoms with Gasteiger partial charge in [-0.05, 0) is 17.7 Å². The van der Waals surface area contributed by atoms with E-state index in [0.717, 1.165) is 5.57 Å². The highest BCUT2D eigenvalue weighted by atomic mass is 16.3. The third kappa shape index (κ3) is 2.38. The monoisotopic (exact) mass is 210 g/mol. The molecule has 80 valence electrons. The number of rotatable bonds is 0. The van der Waals surface area contributed by atoms with Gasteiger partial charge in [-0.15, -0.1) is 0 Å². The second-order valence-corrected chi connectivity index (χ2v) is 3.68. The maximum Gasteiger partial charge on any atom is 0.127 e. The summed E-state index contributed by atoms with van der Waals surface area (Å²) >= 11 is 0. The van der Waals surface area contributed by atoms with Gasteiger partial charge in [0.2, 0.25) is 0 Å². The zero-order valence-corrected chi connectivity index (χ0v) is 8.95. The summed E-state index contributed by atoms with van der Waals surface area (Å²) in [4.78, 5) is 0. The predicted octanol–water partition coefficient (Wildman–Crippen LogP) is 3.01. The summed E-state index contributed by atoms with van der Waals surface area (Å²) < 4.78 is 0. The van der Waals surface area contributed by atoms with E-state index in [2.05, 4.69) is 0 Å². The smallest absolute Gasteiger partial charge is 0.127 e. The van der Waals surface area contributed by atoms with Crippen molar-refractivity contribution in [3.05, 3.63) is 84.6 Å². The lowest BCUT2D eigenvalue weighted by molar-refractivity contribution is 0.188. The fourth-order valence-corrected chi connectivity index (χ4v) is 1.62. The summed E-state index contributed by atoms with van der Waals surface area (Å²) in [6.07, 6.45) is 24.7. The molecule has 1 atom stereocenters. The lowest BCUT2D eigenvalue weighted by Crippen LogP contribution is -2.22. The SMILES string of the molecule is OC12C=CC=C1/C=C/C=C\C=C\C=C/C=C/2. The van der Waals surface area contributed by atoms with Crippen molar-refractivity contribution in [3.8, 4) is 0 Å². The molecule has 0 aromatic heterocycles. The molecule has 0 bridgehead atoms. The number of aliphatic hydroxyl groups is 1. The minimum absolute atomic E-state index is 0.881. The van der Waals surface area contributed by atoms with Gasteiger partial charge < -0.3 is 5.11 Å². The minimum Gasteiger partial charge on any atom is -0.377 e. The van der Waals surface area contributed by atoms with E-state index in [4.69, 9.17) is 0 Å². The Labute approximate surface area is 95.8 Å². The number of allylic oxidation sites excluding steroid dienone is 10. The third-order valence-corrected chi connectivity index (χ3v) is 2.49. The van der Waals surface area contributed by atoms with Crippen LogP contribution in [-0.4, -0.2) is 10.7 Å². The van der Waals surface area contributed by atoms with E-state index >= 15 is 0 Å². The molecular formula is C15H14O. The molecule has 0 radical (unpaired) electrons. The Morgan fingerprint density at radius 3 is 2.00 bits per heavy atom. The molecule has 2 rings (SSSR count). The van der Waals surface area contributed by atoms with E-state index in [1.54, 1.807) is 12.2 Å². The molecule has 2 aliphatic rings. The van der Waals surface area contributed by atoms with Crippen LogP contribution in [0.4, 0.5) is 0 Å². The van der Waals surface area contributed by atoms with Crippen LogP contribution < -0.4 is 0 Å². The van der Waals surface area contributed by atoms with Crippen molar-refractivity contribution in [1.82, 2.24) is 0 Å². The molecule has 0 amide bonds. The molecule has 2 aliphatic carbocycles. The van der Waals surface area contributed by atoms with Gasteiger partial charge in [0, 0.05) is 0 Å². The van der Waals surface area contributed by atoms with Crippen LogP contribution in [0.5, 0.6) is 0 Å². The molecule has 16 heavy (non-hydrogen) atoms. The van der Waals surface area contributed by atoms with Crippen LogP contribution in [0.2, 0.25) is 0 Å². The molecule has 0 aromatic rings. The summed E-state index contributed by atoms with van der Waals surface area (Å²) in [5.74, 6) is 0. The van der Waals surface area contributed by atoms with Crippen molar-refractivity contribution >= 4 is 0 Å². The van der Waals surface area contributed by atoms with Gasteiger partial charge in [0.1, 0.15) is 5.60 Å². The van der Waals surface area contributed by atoms with Crippen molar-refractivity contribution in [2.45, 2.75) is 5.60 Å². The van der Waals surface area contributed by atoms with E-state index in [9.17, 15) is 5.11 Å². The van der Waals surface area contributed by atoms with Crippen LogP contribution >= 0.6 is 0 Å². The van der Waals surface area contributed by atoms with Gasteiger partial charge in [-0.3, -0.25) is 0 Å². The van der Waals surface area contributed by atoms with E-state index in [0.29, 0.717) is 0 Å². The molecular weight excluding hydrogens is 196 g/mol. The molecule has 1 nitrogen and oxygen atoms in total. The molecule has 0 spiro atoms. The fourth-order valence-electron chi connectivity index (χ4n) is 1.62. The first-order valence-corrected chi connectivity index (χ1v) is 5.29. The summed E-state index contributed by atoms with van der Waals surface area (Å²) in [5.41, 5.74) is -0.0798. The highest BCUT2D eigenvalue weighted by Crippen LogP contribution is 2.27. The Bertz CT molecular complexity index is 456. The Balaban J connectivity index is 2.34. The van der Waals surface area contributed by atoms with Crippen molar-refractivity contribution in [2.24, 2.45) is 0 Å². The lowest BCUT2D eigenvalue weighted by Gasteiger charge is -2.18. The average molecular weight is 210 g/mol. The standard InChI is InChI=1S/C15H14O/c16-15-12-8-6-4-2-1-3-5-7-10-14(15)11-9-13-15/h1-13,16H/b2-1+,5-3-,6-4-,10-7+,12-8+. The van der Waals surface area contributed by atoms with Gasteiger partial charge in [-0.25, -0.2) is 0 Å². The number of hydrogen-bond donors (Lipinski definition) is 1. The Hall–Kier alpha value is -1.86. The van der Waals surface area contributed by atoms with Gasteiger partial charge >= 0.3 is 0 Å². The quantitative estimate of drug-likeness (QED) is 0.651. The van der Waals surface area contributed by atoms with Crippen molar-refractivity contribution in [2.75, 3.05) is 0 Å². The molecule has 1 unspecified atom stereocenters. The van der Waals surface area contributed by atoms with Gasteiger partial charge in [-0.2, -0.15) is 0 Å². The van der Waals surface area contributed by atoms with E-state index in [-0.39, 0.29) is 0 Å². The van der Waals surface area contributed by atoms with E-state index in [1.807, 2.05) is 66.8 Å². The summed E-state index contributed by atoms with van der Waals surface area (Å²) in [5, 5.41) is 10.3. The van der Waals surface area contributed by atoms with Crippen molar-refractivity contribution in [3.63, 3.8) is 0 Å². The largest absolute Gasteiger partial charge is 0.377 e. The van der Waals surface area contributed by atoms with Gasteiger partial charge in [0.25, 0.3) is 0 Å². The van der Waals surface area contributed by atoms with E-state index < -0.39 is 5.60 Å². The third-order valence-electron chi connectivity index (χ3n) is 2.49. The average Bonchev–Trinajstić information content (AvgIpc) is 2.61. The molecule has 1 N–H and O–H groups in total. The Kier molecular flexibility index (Phi) is 3.18. The van der Waals surface area contributed by atoms with Crippen LogP contribution in [0.1, 0.15) is 0 Å². The topological polar surface area (TPSA) is 20.2 Å². The second-order valence-electron chi connectivity index (χ2n) is 3.68. The highest BCUT2D eigenvalue weighted by molar-refractivity contribution is 5.48. The van der Waals surface area contributed by atoms with Crippen LogP contribution in [-0.2, 0) is 0 Å². The zero-order valence-electron chi connectivity index (χ0n) is 8.95. The zero-order chi connectivity index (χ0) is 11.3. The lowest BCUT2D eigenvalue weighted by atomic mass is 9.96. The number of hydrogen-bond acceptors (Lipinski definition) is 1. The maximum absolute atomic E-state index is 10.3. The minimum atomic E-state index is -0.961. The van der Waals surface area contributed by atoms with Crippen molar-refractivity contribution in [1.29, 1.82) is 0 Å². The van der Waals surface area contributed by atoms with Crippen LogP contribution in [0.25, 0.3) is 0 Å². The fraction of sp³-hybridized carbons (Fsp3) is 0.0667. The van der Waals surface area contributed by atoms with Gasteiger partial charge in [-0.1, -0.05) is 66.8 Å². The molecule has 0 saturated carbocycles. The van der Waals surface area contributed by atoms with Crippen LogP contribution in [0.3, 0.4) is 0 Å². The molecule has 0 heterocycles.